The van der Waals surface area contributed by atoms with Crippen LogP contribution < -0.4 is 0 Å². The number of aryl methyl sites for hydroxylation is 2. The van der Waals surface area contributed by atoms with E-state index in [9.17, 15) is 4.79 Å². The molecule has 4 aromatic rings. The van der Waals surface area contributed by atoms with Gasteiger partial charge in [-0.15, -0.1) is 21.5 Å². The summed E-state index contributed by atoms with van der Waals surface area (Å²) in [6, 6.07) is 20.1. The van der Waals surface area contributed by atoms with Gasteiger partial charge < -0.3 is 4.74 Å². The second kappa shape index (κ2) is 10.3. The number of ketones is 1. The van der Waals surface area contributed by atoms with Crippen molar-refractivity contribution in [3.63, 3.8) is 0 Å². The third-order valence-corrected chi connectivity index (χ3v) is 8.15. The highest BCUT2D eigenvalue weighted by Gasteiger charge is 2.28. The first-order valence-electron chi connectivity index (χ1n) is 11.5. The summed E-state index contributed by atoms with van der Waals surface area (Å²) in [6.45, 7) is 5.56. The predicted octanol–water partition coefficient (Wildman–Crippen LogP) is 6.52. The van der Waals surface area contributed by atoms with Crippen LogP contribution in [0.1, 0.15) is 45.1 Å². The number of carbonyl (C=O) groups excluding carboxylic acids is 1. The van der Waals surface area contributed by atoms with Crippen molar-refractivity contribution in [1.82, 2.24) is 14.8 Å². The molecule has 0 bridgehead atoms. The number of benzene rings is 2. The average Bonchev–Trinajstić information content (AvgIpc) is 3.62. The molecule has 2 aromatic carbocycles. The Labute approximate surface area is 208 Å². The van der Waals surface area contributed by atoms with Gasteiger partial charge in [-0.2, -0.15) is 0 Å². The largest absolute Gasteiger partial charge is 0.376 e. The molecule has 0 aliphatic carbocycles. The van der Waals surface area contributed by atoms with E-state index >= 15 is 0 Å². The van der Waals surface area contributed by atoms with Crippen molar-refractivity contribution in [2.24, 2.45) is 0 Å². The van der Waals surface area contributed by atoms with Gasteiger partial charge in [-0.3, -0.25) is 9.36 Å². The smallest absolute Gasteiger partial charge is 0.192 e. The highest BCUT2D eigenvalue weighted by atomic mass is 32.2. The molecule has 5 nitrogen and oxygen atoms in total. The Morgan fingerprint density at radius 3 is 2.47 bits per heavy atom. The van der Waals surface area contributed by atoms with Gasteiger partial charge in [0, 0.05) is 12.2 Å². The third-order valence-electron chi connectivity index (χ3n) is 6.05. The number of hydrogen-bond acceptors (Lipinski definition) is 6. The quantitative estimate of drug-likeness (QED) is 0.208. The van der Waals surface area contributed by atoms with E-state index < -0.39 is 5.25 Å². The average molecular weight is 490 g/mol. The molecule has 1 aliphatic rings. The van der Waals surface area contributed by atoms with Gasteiger partial charge in [0.1, 0.15) is 5.25 Å². The van der Waals surface area contributed by atoms with Crippen LogP contribution in [0.4, 0.5) is 0 Å². The summed E-state index contributed by atoms with van der Waals surface area (Å²) >= 11 is 3.11. The standard InChI is InChI=1S/C27H27N3O2S2/c1-18-7-11-20(12-8-18)24(31)25(21-13-9-19(2)10-14-21)34-27-29-28-26(23-6-4-16-33-23)30(27)17-22-5-3-15-32-22/h4,6-14,16,22,25H,3,5,15,17H2,1-2H3. The van der Waals surface area contributed by atoms with E-state index in [4.69, 9.17) is 4.74 Å². The maximum atomic E-state index is 13.7. The number of nitrogens with zero attached hydrogens (tertiary/aromatic N) is 3. The topological polar surface area (TPSA) is 57.0 Å². The minimum Gasteiger partial charge on any atom is -0.376 e. The number of thiophene rings is 1. The summed E-state index contributed by atoms with van der Waals surface area (Å²) in [5.74, 6) is 0.900. The zero-order valence-corrected chi connectivity index (χ0v) is 20.9. The van der Waals surface area contributed by atoms with Gasteiger partial charge in [0.15, 0.2) is 16.8 Å². The maximum absolute atomic E-state index is 13.7. The van der Waals surface area contributed by atoms with Crippen molar-refractivity contribution < 1.29 is 9.53 Å². The number of carbonyl (C=O) groups is 1. The second-order valence-electron chi connectivity index (χ2n) is 8.67. The van der Waals surface area contributed by atoms with Crippen LogP contribution in [-0.4, -0.2) is 33.3 Å². The van der Waals surface area contributed by atoms with Crippen LogP contribution in [0, 0.1) is 13.8 Å². The molecule has 2 unspecified atom stereocenters. The van der Waals surface area contributed by atoms with E-state index in [1.165, 1.54) is 11.8 Å². The molecule has 1 saturated heterocycles. The molecule has 174 valence electrons. The molecule has 0 N–H and O–H groups in total. The summed E-state index contributed by atoms with van der Waals surface area (Å²) in [6.07, 6.45) is 2.23. The summed E-state index contributed by atoms with van der Waals surface area (Å²) in [5.41, 5.74) is 3.96. The van der Waals surface area contributed by atoms with Crippen molar-refractivity contribution in [3.05, 3.63) is 88.3 Å². The van der Waals surface area contributed by atoms with Crippen molar-refractivity contribution in [1.29, 1.82) is 0 Å². The Bertz CT molecular complexity index is 1240. The second-order valence-corrected chi connectivity index (χ2v) is 10.7. The fourth-order valence-corrected chi connectivity index (χ4v) is 5.95. The molecule has 3 heterocycles. The van der Waals surface area contributed by atoms with Crippen LogP contribution in [0.25, 0.3) is 10.7 Å². The van der Waals surface area contributed by atoms with Gasteiger partial charge in [0.05, 0.1) is 17.5 Å². The summed E-state index contributed by atoms with van der Waals surface area (Å²) in [4.78, 5) is 14.8. The molecule has 5 rings (SSSR count). The lowest BCUT2D eigenvalue weighted by atomic mass is 10.0. The number of thioether (sulfide) groups is 1. The van der Waals surface area contributed by atoms with Gasteiger partial charge in [-0.1, -0.05) is 77.5 Å². The minimum absolute atomic E-state index is 0.0678. The lowest BCUT2D eigenvalue weighted by molar-refractivity contribution is 0.0953. The van der Waals surface area contributed by atoms with Crippen molar-refractivity contribution in [3.8, 4) is 10.7 Å². The van der Waals surface area contributed by atoms with E-state index in [-0.39, 0.29) is 11.9 Å². The van der Waals surface area contributed by atoms with Crippen molar-refractivity contribution in [2.45, 2.75) is 49.7 Å². The number of Topliss-reactive ketones (excluding diaryl/α,β-unsaturated/α-hetero) is 1. The first-order chi connectivity index (χ1) is 16.6. The zero-order chi connectivity index (χ0) is 23.5. The molecule has 0 spiro atoms. The van der Waals surface area contributed by atoms with Gasteiger partial charge in [-0.05, 0) is 43.7 Å². The van der Waals surface area contributed by atoms with E-state index in [0.717, 1.165) is 52.0 Å². The summed E-state index contributed by atoms with van der Waals surface area (Å²) < 4.78 is 8.07. The molecular weight excluding hydrogens is 462 g/mol. The maximum Gasteiger partial charge on any atom is 0.192 e. The van der Waals surface area contributed by atoms with Crippen LogP contribution in [0.15, 0.2) is 71.2 Å². The van der Waals surface area contributed by atoms with E-state index in [0.29, 0.717) is 12.1 Å². The molecule has 2 atom stereocenters. The molecule has 0 radical (unpaired) electrons. The Hall–Kier alpha value is -2.74. The van der Waals surface area contributed by atoms with Gasteiger partial charge in [0.25, 0.3) is 0 Å². The highest BCUT2D eigenvalue weighted by molar-refractivity contribution is 8.00. The lowest BCUT2D eigenvalue weighted by Gasteiger charge is -2.18. The Kier molecular flexibility index (Phi) is 6.94. The minimum atomic E-state index is -0.424. The van der Waals surface area contributed by atoms with Crippen LogP contribution in [0.5, 0.6) is 0 Å². The number of hydrogen-bond donors (Lipinski definition) is 0. The zero-order valence-electron chi connectivity index (χ0n) is 19.3. The van der Waals surface area contributed by atoms with Crippen molar-refractivity contribution >= 4 is 28.9 Å². The number of ether oxygens (including phenoxy) is 1. The lowest BCUT2D eigenvalue weighted by Crippen LogP contribution is -2.17. The summed E-state index contributed by atoms with van der Waals surface area (Å²) in [7, 11) is 0. The number of rotatable bonds is 8. The Balaban J connectivity index is 1.53. The first-order valence-corrected chi connectivity index (χ1v) is 13.3. The molecule has 0 saturated carbocycles. The van der Waals surface area contributed by atoms with E-state index in [1.807, 2.05) is 54.8 Å². The fraction of sp³-hybridized carbons (Fsp3) is 0.296. The van der Waals surface area contributed by atoms with Gasteiger partial charge >= 0.3 is 0 Å². The molecule has 1 aliphatic heterocycles. The first kappa shape index (κ1) is 23.0. The molecular formula is C27H27N3O2S2. The van der Waals surface area contributed by atoms with E-state index in [1.54, 1.807) is 11.3 Å². The Morgan fingerprint density at radius 1 is 1.09 bits per heavy atom. The van der Waals surface area contributed by atoms with Gasteiger partial charge in [-0.25, -0.2) is 0 Å². The van der Waals surface area contributed by atoms with Gasteiger partial charge in [0.2, 0.25) is 0 Å². The summed E-state index contributed by atoms with van der Waals surface area (Å²) in [5, 5.41) is 11.5. The molecule has 0 amide bonds. The molecule has 34 heavy (non-hydrogen) atoms. The molecule has 1 fully saturated rings. The molecule has 7 heteroatoms. The SMILES string of the molecule is Cc1ccc(C(=O)C(Sc2nnc(-c3cccs3)n2CC2CCCO2)c2ccc(C)cc2)cc1. The molecule has 2 aromatic heterocycles. The van der Waals surface area contributed by atoms with Crippen LogP contribution >= 0.6 is 23.1 Å². The van der Waals surface area contributed by atoms with Crippen molar-refractivity contribution in [2.75, 3.05) is 6.61 Å². The fourth-order valence-electron chi connectivity index (χ4n) is 4.11. The van der Waals surface area contributed by atoms with Crippen LogP contribution in [0.2, 0.25) is 0 Å². The van der Waals surface area contributed by atoms with Crippen LogP contribution in [-0.2, 0) is 11.3 Å². The normalized spacial score (nSPS) is 16.6. The Morgan fingerprint density at radius 2 is 1.82 bits per heavy atom. The predicted molar refractivity (Wildman–Crippen MR) is 138 cm³/mol. The number of aromatic nitrogens is 3. The highest BCUT2D eigenvalue weighted by Crippen LogP contribution is 2.39. The van der Waals surface area contributed by atoms with Crippen LogP contribution in [0.3, 0.4) is 0 Å². The third kappa shape index (κ3) is 5.02. The van der Waals surface area contributed by atoms with E-state index in [2.05, 4.69) is 39.9 Å². The monoisotopic (exact) mass is 489 g/mol.